The molecule has 0 amide bonds. The van der Waals surface area contributed by atoms with Gasteiger partial charge in [-0.15, -0.1) is 0 Å². The van der Waals surface area contributed by atoms with Crippen molar-refractivity contribution >= 4 is 0 Å². The maximum absolute atomic E-state index is 5.88. The number of para-hydroxylation sites is 1. The summed E-state index contributed by atoms with van der Waals surface area (Å²) in [6.07, 6.45) is 0.937. The number of aryl methyl sites for hydroxylation is 1. The van der Waals surface area contributed by atoms with Crippen molar-refractivity contribution in [1.82, 2.24) is 4.57 Å². The van der Waals surface area contributed by atoms with Crippen molar-refractivity contribution in [2.75, 3.05) is 0 Å². The largest absolute Gasteiger partial charge is 0.328 e. The van der Waals surface area contributed by atoms with Gasteiger partial charge in [-0.1, -0.05) is 18.2 Å². The fourth-order valence-corrected chi connectivity index (χ4v) is 2.36. The molecule has 1 heterocycles. The maximum atomic E-state index is 5.88. The Balaban J connectivity index is 2.45. The zero-order valence-electron chi connectivity index (χ0n) is 10.8. The molecule has 0 radical (unpaired) electrons. The van der Waals surface area contributed by atoms with E-state index < -0.39 is 0 Å². The summed E-state index contributed by atoms with van der Waals surface area (Å²) in [4.78, 5) is 0. The number of hydrogen-bond acceptors (Lipinski definition) is 1. The average molecular weight is 228 g/mol. The highest BCUT2D eigenvalue weighted by molar-refractivity contribution is 5.41. The van der Waals surface area contributed by atoms with Crippen LogP contribution < -0.4 is 5.73 Å². The zero-order valence-corrected chi connectivity index (χ0v) is 10.8. The van der Waals surface area contributed by atoms with E-state index in [0.29, 0.717) is 0 Å². The lowest BCUT2D eigenvalue weighted by atomic mass is 10.1. The third-order valence-electron chi connectivity index (χ3n) is 3.09. The normalized spacial score (nSPS) is 12.7. The highest BCUT2D eigenvalue weighted by Crippen LogP contribution is 2.21. The molecule has 0 bridgehead atoms. The molecular weight excluding hydrogens is 208 g/mol. The minimum atomic E-state index is 0.208. The molecule has 2 heteroatoms. The fraction of sp³-hybridized carbons (Fsp3) is 0.333. The first-order valence-corrected chi connectivity index (χ1v) is 6.08. The summed E-state index contributed by atoms with van der Waals surface area (Å²) in [5.74, 6) is 0. The summed E-state index contributed by atoms with van der Waals surface area (Å²) in [5, 5.41) is 0. The van der Waals surface area contributed by atoms with Crippen LogP contribution in [-0.4, -0.2) is 10.6 Å². The van der Waals surface area contributed by atoms with Crippen LogP contribution in [0.4, 0.5) is 0 Å². The molecule has 1 aromatic heterocycles. The SMILES string of the molecule is Cc1cc(CC(C)N)c(C)n1-c1ccccc1. The van der Waals surface area contributed by atoms with E-state index >= 15 is 0 Å². The van der Waals surface area contributed by atoms with Crippen molar-refractivity contribution < 1.29 is 0 Å². The lowest BCUT2D eigenvalue weighted by molar-refractivity contribution is 0.733. The van der Waals surface area contributed by atoms with Gasteiger partial charge in [0, 0.05) is 23.1 Å². The molecule has 2 nitrogen and oxygen atoms in total. The first-order chi connectivity index (χ1) is 8.09. The van der Waals surface area contributed by atoms with Gasteiger partial charge in [-0.25, -0.2) is 0 Å². The third kappa shape index (κ3) is 2.42. The number of benzene rings is 1. The zero-order chi connectivity index (χ0) is 12.4. The second kappa shape index (κ2) is 4.76. The molecule has 1 aromatic carbocycles. The monoisotopic (exact) mass is 228 g/mol. The predicted octanol–water partition coefficient (Wildman–Crippen LogP) is 2.98. The standard InChI is InChI=1S/C15H20N2/c1-11(16)9-14-10-12(2)17(13(14)3)15-7-5-4-6-8-15/h4-8,10-11H,9,16H2,1-3H3. The smallest absolute Gasteiger partial charge is 0.0455 e. The number of nitrogens with zero attached hydrogens (tertiary/aromatic N) is 1. The van der Waals surface area contributed by atoms with Crippen LogP contribution in [0.2, 0.25) is 0 Å². The fourth-order valence-electron chi connectivity index (χ4n) is 2.36. The number of hydrogen-bond donors (Lipinski definition) is 1. The Morgan fingerprint density at radius 1 is 1.18 bits per heavy atom. The van der Waals surface area contributed by atoms with Gasteiger partial charge in [-0.2, -0.15) is 0 Å². The Labute approximate surface area is 103 Å². The number of rotatable bonds is 3. The van der Waals surface area contributed by atoms with Crippen LogP contribution in [0.25, 0.3) is 5.69 Å². The van der Waals surface area contributed by atoms with Gasteiger partial charge in [0.2, 0.25) is 0 Å². The van der Waals surface area contributed by atoms with Gasteiger partial charge in [0.15, 0.2) is 0 Å². The second-order valence-electron chi connectivity index (χ2n) is 4.75. The summed E-state index contributed by atoms with van der Waals surface area (Å²) >= 11 is 0. The Kier molecular flexibility index (Phi) is 3.34. The molecule has 90 valence electrons. The van der Waals surface area contributed by atoms with Gasteiger partial charge in [-0.05, 0) is 51.0 Å². The van der Waals surface area contributed by atoms with E-state index in [1.807, 2.05) is 6.07 Å². The molecule has 0 saturated heterocycles. The molecule has 0 fully saturated rings. The van der Waals surface area contributed by atoms with Gasteiger partial charge in [0.05, 0.1) is 0 Å². The maximum Gasteiger partial charge on any atom is 0.0455 e. The molecule has 0 saturated carbocycles. The van der Waals surface area contributed by atoms with Crippen molar-refractivity contribution in [3.63, 3.8) is 0 Å². The van der Waals surface area contributed by atoms with Crippen molar-refractivity contribution in [2.24, 2.45) is 5.73 Å². The molecule has 2 N–H and O–H groups in total. The van der Waals surface area contributed by atoms with Crippen molar-refractivity contribution in [2.45, 2.75) is 33.2 Å². The van der Waals surface area contributed by atoms with E-state index in [0.717, 1.165) is 6.42 Å². The lowest BCUT2D eigenvalue weighted by Gasteiger charge is -2.10. The minimum absolute atomic E-state index is 0.208. The van der Waals surface area contributed by atoms with E-state index in [4.69, 9.17) is 5.73 Å². The molecule has 0 aliphatic heterocycles. The van der Waals surface area contributed by atoms with E-state index in [1.54, 1.807) is 0 Å². The Morgan fingerprint density at radius 3 is 2.41 bits per heavy atom. The van der Waals surface area contributed by atoms with Crippen LogP contribution in [0.15, 0.2) is 36.4 Å². The van der Waals surface area contributed by atoms with E-state index in [-0.39, 0.29) is 6.04 Å². The van der Waals surface area contributed by atoms with Crippen molar-refractivity contribution in [3.8, 4) is 5.69 Å². The van der Waals surface area contributed by atoms with E-state index in [1.165, 1.54) is 22.6 Å². The first kappa shape index (κ1) is 11.9. The summed E-state index contributed by atoms with van der Waals surface area (Å²) in [5.41, 5.74) is 11.0. The highest BCUT2D eigenvalue weighted by Gasteiger charge is 2.11. The lowest BCUT2D eigenvalue weighted by Crippen LogP contribution is -2.18. The molecule has 17 heavy (non-hydrogen) atoms. The summed E-state index contributed by atoms with van der Waals surface area (Å²) < 4.78 is 2.29. The van der Waals surface area contributed by atoms with Crippen LogP contribution in [0.3, 0.4) is 0 Å². The second-order valence-corrected chi connectivity index (χ2v) is 4.75. The van der Waals surface area contributed by atoms with Crippen LogP contribution in [0.5, 0.6) is 0 Å². The summed E-state index contributed by atoms with van der Waals surface area (Å²) in [6.45, 7) is 6.36. The molecule has 0 aliphatic carbocycles. The van der Waals surface area contributed by atoms with Gasteiger partial charge >= 0.3 is 0 Å². The van der Waals surface area contributed by atoms with E-state index in [9.17, 15) is 0 Å². The van der Waals surface area contributed by atoms with E-state index in [2.05, 4.69) is 55.7 Å². The molecule has 0 spiro atoms. The number of nitrogens with two attached hydrogens (primary N) is 1. The average Bonchev–Trinajstić information content (AvgIpc) is 2.54. The topological polar surface area (TPSA) is 30.9 Å². The van der Waals surface area contributed by atoms with Gasteiger partial charge in [-0.3, -0.25) is 0 Å². The summed E-state index contributed by atoms with van der Waals surface area (Å²) in [7, 11) is 0. The number of aromatic nitrogens is 1. The Bertz CT molecular complexity index is 495. The van der Waals surface area contributed by atoms with Gasteiger partial charge in [0.25, 0.3) is 0 Å². The molecule has 2 aromatic rings. The molecular formula is C15H20N2. The first-order valence-electron chi connectivity index (χ1n) is 6.08. The Hall–Kier alpha value is -1.54. The van der Waals surface area contributed by atoms with Crippen LogP contribution in [-0.2, 0) is 6.42 Å². The van der Waals surface area contributed by atoms with Gasteiger partial charge < -0.3 is 10.3 Å². The van der Waals surface area contributed by atoms with Crippen LogP contribution >= 0.6 is 0 Å². The van der Waals surface area contributed by atoms with Crippen molar-refractivity contribution in [1.29, 1.82) is 0 Å². The quantitative estimate of drug-likeness (QED) is 0.860. The van der Waals surface area contributed by atoms with Crippen molar-refractivity contribution in [3.05, 3.63) is 53.3 Å². The Morgan fingerprint density at radius 2 is 1.82 bits per heavy atom. The molecule has 0 aliphatic rings. The predicted molar refractivity (Wildman–Crippen MR) is 72.6 cm³/mol. The van der Waals surface area contributed by atoms with Crippen LogP contribution in [0, 0.1) is 13.8 Å². The third-order valence-corrected chi connectivity index (χ3v) is 3.09. The highest BCUT2D eigenvalue weighted by atomic mass is 15.0. The molecule has 1 unspecified atom stereocenters. The molecule has 2 rings (SSSR count). The summed E-state index contributed by atoms with van der Waals surface area (Å²) in [6, 6.07) is 12.9. The molecule has 1 atom stereocenters. The van der Waals surface area contributed by atoms with Gasteiger partial charge in [0.1, 0.15) is 0 Å². The van der Waals surface area contributed by atoms with Crippen LogP contribution in [0.1, 0.15) is 23.9 Å². The minimum Gasteiger partial charge on any atom is -0.328 e.